The van der Waals surface area contributed by atoms with Crippen LogP contribution in [0.2, 0.25) is 0 Å². The molecule has 0 amide bonds. The summed E-state index contributed by atoms with van der Waals surface area (Å²) >= 11 is 0. The lowest BCUT2D eigenvalue weighted by atomic mass is 10.0. The highest BCUT2D eigenvalue weighted by atomic mass is 16.1. The molecule has 1 fully saturated rings. The molecule has 1 N–H and O–H groups in total. The minimum atomic E-state index is -0.139. The Hall–Kier alpha value is -2.64. The van der Waals surface area contributed by atoms with Crippen LogP contribution in [0.3, 0.4) is 0 Å². The van der Waals surface area contributed by atoms with Crippen LogP contribution in [0.15, 0.2) is 34.1 Å². The number of piperidine rings is 1. The summed E-state index contributed by atoms with van der Waals surface area (Å²) in [6, 6.07) is 3.51. The van der Waals surface area contributed by atoms with E-state index in [1.54, 1.807) is 32.6 Å². The highest BCUT2D eigenvalue weighted by Gasteiger charge is 2.24. The summed E-state index contributed by atoms with van der Waals surface area (Å²) in [4.78, 5) is 29.9. The Bertz CT molecular complexity index is 828. The van der Waals surface area contributed by atoms with Gasteiger partial charge in [-0.3, -0.25) is 9.59 Å². The van der Waals surface area contributed by atoms with E-state index in [0.717, 1.165) is 31.6 Å². The molecule has 1 atom stereocenters. The van der Waals surface area contributed by atoms with Gasteiger partial charge in [0.05, 0.1) is 0 Å². The third-order valence-corrected chi connectivity index (χ3v) is 4.39. The number of nitrogens with one attached hydrogen (secondary N) is 1. The highest BCUT2D eigenvalue weighted by Crippen LogP contribution is 2.22. The summed E-state index contributed by atoms with van der Waals surface area (Å²) < 4.78 is 2.85. The van der Waals surface area contributed by atoms with Crippen molar-refractivity contribution in [3.8, 4) is 0 Å². The average Bonchev–Trinajstić information content (AvgIpc) is 2.59. The van der Waals surface area contributed by atoms with E-state index < -0.39 is 0 Å². The quantitative estimate of drug-likeness (QED) is 0.870. The van der Waals surface area contributed by atoms with Gasteiger partial charge in [-0.1, -0.05) is 0 Å². The molecular formula is C16H22N6O2. The zero-order valence-corrected chi connectivity index (χ0v) is 14.0. The second kappa shape index (κ2) is 6.86. The molecule has 2 aromatic heterocycles. The van der Waals surface area contributed by atoms with Gasteiger partial charge in [-0.25, -0.2) is 9.67 Å². The number of hydrogen-bond acceptors (Lipinski definition) is 6. The first-order valence-electron chi connectivity index (χ1n) is 8.13. The van der Waals surface area contributed by atoms with Crippen molar-refractivity contribution in [1.29, 1.82) is 0 Å². The van der Waals surface area contributed by atoms with Crippen LogP contribution >= 0.6 is 0 Å². The van der Waals surface area contributed by atoms with Gasteiger partial charge in [-0.2, -0.15) is 5.10 Å². The van der Waals surface area contributed by atoms with E-state index in [1.807, 2.05) is 0 Å². The third-order valence-electron chi connectivity index (χ3n) is 4.39. The normalized spacial score (nSPS) is 17.8. The molecule has 1 unspecified atom stereocenters. The van der Waals surface area contributed by atoms with Gasteiger partial charge >= 0.3 is 0 Å². The molecule has 0 radical (unpaired) electrons. The molecule has 8 nitrogen and oxygen atoms in total. The van der Waals surface area contributed by atoms with Crippen molar-refractivity contribution in [2.45, 2.75) is 25.3 Å². The van der Waals surface area contributed by atoms with Crippen LogP contribution in [-0.4, -0.2) is 38.5 Å². The molecule has 0 spiro atoms. The first kappa shape index (κ1) is 16.2. The summed E-state index contributed by atoms with van der Waals surface area (Å²) in [5.41, 5.74) is -0.262. The fraction of sp³-hybridized carbons (Fsp3) is 0.500. The van der Waals surface area contributed by atoms with E-state index in [4.69, 9.17) is 0 Å². The summed E-state index contributed by atoms with van der Waals surface area (Å²) in [6.07, 6.45) is 6.47. The third kappa shape index (κ3) is 3.32. The van der Waals surface area contributed by atoms with Crippen LogP contribution in [0.5, 0.6) is 0 Å². The van der Waals surface area contributed by atoms with Crippen LogP contribution in [0.1, 0.15) is 19.3 Å². The lowest BCUT2D eigenvalue weighted by Gasteiger charge is -2.36. The van der Waals surface area contributed by atoms with E-state index in [1.165, 1.54) is 15.3 Å². The maximum atomic E-state index is 12.0. The second-order valence-corrected chi connectivity index (χ2v) is 6.07. The van der Waals surface area contributed by atoms with E-state index in [-0.39, 0.29) is 17.2 Å². The summed E-state index contributed by atoms with van der Waals surface area (Å²) in [7, 11) is 3.36. The lowest BCUT2D eigenvalue weighted by Crippen LogP contribution is -2.45. The van der Waals surface area contributed by atoms with Crippen LogP contribution in [-0.2, 0) is 14.1 Å². The average molecular weight is 330 g/mol. The molecule has 24 heavy (non-hydrogen) atoms. The largest absolute Gasteiger partial charge is 0.363 e. The fourth-order valence-electron chi connectivity index (χ4n) is 2.99. The first-order valence-corrected chi connectivity index (χ1v) is 8.13. The van der Waals surface area contributed by atoms with Gasteiger partial charge in [0.25, 0.3) is 11.1 Å². The monoisotopic (exact) mass is 330 g/mol. The van der Waals surface area contributed by atoms with Crippen molar-refractivity contribution in [3.05, 3.63) is 45.2 Å². The Balaban J connectivity index is 1.77. The number of aryl methyl sites for hydroxylation is 2. The molecule has 3 rings (SSSR count). The Morgan fingerprint density at radius 2 is 2.08 bits per heavy atom. The Kier molecular flexibility index (Phi) is 4.64. The molecule has 1 aliphatic rings. The predicted octanol–water partition coefficient (Wildman–Crippen LogP) is 0.345. The molecule has 0 bridgehead atoms. The van der Waals surface area contributed by atoms with Crippen molar-refractivity contribution in [2.75, 3.05) is 23.3 Å². The van der Waals surface area contributed by atoms with Crippen LogP contribution in [0.4, 0.5) is 11.6 Å². The van der Waals surface area contributed by atoms with Gasteiger partial charge in [-0.15, -0.1) is 0 Å². The van der Waals surface area contributed by atoms with Crippen LogP contribution in [0.25, 0.3) is 0 Å². The summed E-state index contributed by atoms with van der Waals surface area (Å²) in [6.45, 7) is 1.49. The Morgan fingerprint density at radius 1 is 1.25 bits per heavy atom. The topological polar surface area (TPSA) is 85.1 Å². The van der Waals surface area contributed by atoms with Crippen molar-refractivity contribution < 1.29 is 0 Å². The zero-order chi connectivity index (χ0) is 17.1. The van der Waals surface area contributed by atoms with E-state index in [2.05, 4.69) is 20.3 Å². The van der Waals surface area contributed by atoms with Gasteiger partial charge < -0.3 is 14.8 Å². The van der Waals surface area contributed by atoms with Crippen LogP contribution in [0, 0.1) is 0 Å². The highest BCUT2D eigenvalue weighted by molar-refractivity contribution is 5.40. The summed E-state index contributed by atoms with van der Waals surface area (Å²) in [5, 5.41) is 7.52. The molecule has 1 aliphatic heterocycles. The van der Waals surface area contributed by atoms with Gasteiger partial charge in [0, 0.05) is 51.7 Å². The molecule has 1 saturated heterocycles. The molecular weight excluding hydrogens is 308 g/mol. The van der Waals surface area contributed by atoms with E-state index in [0.29, 0.717) is 12.4 Å². The van der Waals surface area contributed by atoms with E-state index >= 15 is 0 Å². The number of aromatic nitrogens is 4. The number of nitrogens with zero attached hydrogens (tertiary/aromatic N) is 5. The zero-order valence-electron chi connectivity index (χ0n) is 14.0. The van der Waals surface area contributed by atoms with Gasteiger partial charge in [-0.05, 0) is 25.3 Å². The molecule has 0 aromatic carbocycles. The standard InChI is InChI=1S/C16H22N6O2/c1-20-10-8-17-15(16(20)24)18-11-12-5-3-4-9-22(12)13-6-7-14(23)21(2)19-13/h6-8,10,12H,3-5,9,11H2,1-2H3,(H,17,18). The fourth-order valence-corrected chi connectivity index (χ4v) is 2.99. The Labute approximate surface area is 139 Å². The Morgan fingerprint density at radius 3 is 2.88 bits per heavy atom. The minimum Gasteiger partial charge on any atom is -0.363 e. The molecule has 3 heterocycles. The summed E-state index contributed by atoms with van der Waals surface area (Å²) in [5.74, 6) is 1.15. The van der Waals surface area contributed by atoms with Gasteiger partial charge in [0.1, 0.15) is 5.82 Å². The number of rotatable bonds is 4. The number of anilines is 2. The predicted molar refractivity (Wildman–Crippen MR) is 92.4 cm³/mol. The van der Waals surface area contributed by atoms with Crippen molar-refractivity contribution >= 4 is 11.6 Å². The molecule has 0 saturated carbocycles. The lowest BCUT2D eigenvalue weighted by molar-refractivity contribution is 0.464. The smallest absolute Gasteiger partial charge is 0.293 e. The molecule has 128 valence electrons. The first-order chi connectivity index (χ1) is 11.6. The number of hydrogen-bond donors (Lipinski definition) is 1. The SMILES string of the molecule is Cn1ccnc(NCC2CCCCN2c2ccc(=O)n(C)n2)c1=O. The molecule has 0 aliphatic carbocycles. The minimum absolute atomic E-state index is 0.123. The molecule has 8 heteroatoms. The van der Waals surface area contributed by atoms with Crippen molar-refractivity contribution in [3.63, 3.8) is 0 Å². The van der Waals surface area contributed by atoms with Gasteiger partial charge in [0.15, 0.2) is 5.82 Å². The van der Waals surface area contributed by atoms with Gasteiger partial charge in [0.2, 0.25) is 0 Å². The second-order valence-electron chi connectivity index (χ2n) is 6.07. The van der Waals surface area contributed by atoms with Crippen molar-refractivity contribution in [1.82, 2.24) is 19.3 Å². The maximum Gasteiger partial charge on any atom is 0.293 e. The maximum absolute atomic E-state index is 12.0. The van der Waals surface area contributed by atoms with E-state index in [9.17, 15) is 9.59 Å². The van der Waals surface area contributed by atoms with Crippen LogP contribution < -0.4 is 21.3 Å². The van der Waals surface area contributed by atoms with Crippen molar-refractivity contribution in [2.24, 2.45) is 14.1 Å². The molecule has 2 aromatic rings.